The van der Waals surface area contributed by atoms with Crippen molar-refractivity contribution in [1.29, 1.82) is 0 Å². The molecule has 130 valence electrons. The van der Waals surface area contributed by atoms with Crippen molar-refractivity contribution in [2.45, 2.75) is 25.3 Å². The van der Waals surface area contributed by atoms with Gasteiger partial charge in [0.25, 0.3) is 5.91 Å². The Balaban J connectivity index is 0.00000264. The van der Waals surface area contributed by atoms with Crippen LogP contribution in [0.25, 0.3) is 0 Å². The number of piperidine rings is 1. The van der Waals surface area contributed by atoms with E-state index in [2.05, 4.69) is 5.32 Å². The van der Waals surface area contributed by atoms with Crippen LogP contribution in [0.5, 0.6) is 5.75 Å². The molecule has 1 aliphatic rings. The van der Waals surface area contributed by atoms with Crippen LogP contribution in [0.1, 0.15) is 29.6 Å². The minimum absolute atomic E-state index is 0. The molecule has 6 heteroatoms. The standard InChI is InChI=1S/C17H26N2O3.ClH/c1-19(15-7-9-18-10-8-15)17(20)14-5-3-6-16(13-14)22-12-4-11-21-2;/h3,5-6,13,15,18H,4,7-12H2,1-2H3;1H. The van der Waals surface area contributed by atoms with Gasteiger partial charge in [0.1, 0.15) is 5.75 Å². The summed E-state index contributed by atoms with van der Waals surface area (Å²) in [5.41, 5.74) is 0.685. The summed E-state index contributed by atoms with van der Waals surface area (Å²) in [6.45, 7) is 3.22. The summed E-state index contributed by atoms with van der Waals surface area (Å²) in [7, 11) is 3.57. The molecule has 5 nitrogen and oxygen atoms in total. The lowest BCUT2D eigenvalue weighted by Gasteiger charge is -2.31. The van der Waals surface area contributed by atoms with Gasteiger partial charge in [-0.25, -0.2) is 0 Å². The predicted molar refractivity (Wildman–Crippen MR) is 93.7 cm³/mol. The zero-order valence-electron chi connectivity index (χ0n) is 13.9. The van der Waals surface area contributed by atoms with Crippen LogP contribution >= 0.6 is 12.4 Å². The van der Waals surface area contributed by atoms with Crippen LogP contribution in [0.2, 0.25) is 0 Å². The lowest BCUT2D eigenvalue weighted by molar-refractivity contribution is 0.0702. The van der Waals surface area contributed by atoms with Gasteiger partial charge >= 0.3 is 0 Å². The summed E-state index contributed by atoms with van der Waals surface area (Å²) in [5.74, 6) is 0.801. The second kappa shape index (κ2) is 10.5. The van der Waals surface area contributed by atoms with Gasteiger partial charge in [-0.1, -0.05) is 6.07 Å². The molecule has 1 aromatic carbocycles. The first-order chi connectivity index (χ1) is 10.7. The molecule has 1 N–H and O–H groups in total. The van der Waals surface area contributed by atoms with Crippen LogP contribution in [0.15, 0.2) is 24.3 Å². The van der Waals surface area contributed by atoms with Gasteiger partial charge in [-0.15, -0.1) is 12.4 Å². The van der Waals surface area contributed by atoms with E-state index in [-0.39, 0.29) is 18.3 Å². The van der Waals surface area contributed by atoms with E-state index in [1.54, 1.807) is 7.11 Å². The summed E-state index contributed by atoms with van der Waals surface area (Å²) in [6.07, 6.45) is 2.86. The molecule has 1 heterocycles. The molecule has 1 fully saturated rings. The highest BCUT2D eigenvalue weighted by Crippen LogP contribution is 2.18. The van der Waals surface area contributed by atoms with E-state index >= 15 is 0 Å². The third-order valence-electron chi connectivity index (χ3n) is 4.02. The van der Waals surface area contributed by atoms with Crippen molar-refractivity contribution in [2.24, 2.45) is 0 Å². The van der Waals surface area contributed by atoms with Crippen molar-refractivity contribution in [1.82, 2.24) is 10.2 Å². The molecule has 1 amide bonds. The van der Waals surface area contributed by atoms with Crippen molar-refractivity contribution >= 4 is 18.3 Å². The number of carbonyl (C=O) groups excluding carboxylic acids is 1. The van der Waals surface area contributed by atoms with Crippen molar-refractivity contribution in [3.63, 3.8) is 0 Å². The maximum absolute atomic E-state index is 12.6. The minimum atomic E-state index is 0. The van der Waals surface area contributed by atoms with Crippen molar-refractivity contribution in [2.75, 3.05) is 40.5 Å². The van der Waals surface area contributed by atoms with Crippen LogP contribution < -0.4 is 10.1 Å². The number of ether oxygens (including phenoxy) is 2. The number of nitrogens with zero attached hydrogens (tertiary/aromatic N) is 1. The maximum atomic E-state index is 12.6. The molecule has 0 atom stereocenters. The van der Waals surface area contributed by atoms with Crippen LogP contribution in [0.3, 0.4) is 0 Å². The molecule has 0 bridgehead atoms. The predicted octanol–water partition coefficient (Wildman–Crippen LogP) is 2.35. The summed E-state index contributed by atoms with van der Waals surface area (Å²) < 4.78 is 10.7. The number of halogens is 1. The summed E-state index contributed by atoms with van der Waals surface area (Å²) in [4.78, 5) is 14.5. The Morgan fingerprint density at radius 2 is 2.04 bits per heavy atom. The number of amides is 1. The number of nitrogens with one attached hydrogen (secondary N) is 1. The van der Waals surface area contributed by atoms with E-state index in [1.165, 1.54) is 0 Å². The first-order valence-electron chi connectivity index (χ1n) is 7.92. The van der Waals surface area contributed by atoms with Crippen LogP contribution in [0, 0.1) is 0 Å². The quantitative estimate of drug-likeness (QED) is 0.773. The molecule has 2 rings (SSSR count). The largest absolute Gasteiger partial charge is 0.493 e. The second-order valence-electron chi connectivity index (χ2n) is 5.62. The van der Waals surface area contributed by atoms with E-state index in [1.807, 2.05) is 36.2 Å². The molecular weight excluding hydrogens is 316 g/mol. The number of methoxy groups -OCH3 is 1. The lowest BCUT2D eigenvalue weighted by atomic mass is 10.0. The molecule has 0 spiro atoms. The van der Waals surface area contributed by atoms with Gasteiger partial charge in [-0.05, 0) is 44.1 Å². The number of hydrogen-bond acceptors (Lipinski definition) is 4. The Morgan fingerprint density at radius 1 is 1.30 bits per heavy atom. The third kappa shape index (κ3) is 6.01. The Hall–Kier alpha value is -1.30. The van der Waals surface area contributed by atoms with Crippen LogP contribution in [-0.4, -0.2) is 57.3 Å². The SMILES string of the molecule is COCCCOc1cccc(C(=O)N(C)C2CCNCC2)c1.Cl. The van der Waals surface area contributed by atoms with Crippen LogP contribution in [0.4, 0.5) is 0 Å². The summed E-state index contributed by atoms with van der Waals surface area (Å²) >= 11 is 0. The van der Waals surface area contributed by atoms with E-state index in [9.17, 15) is 4.79 Å². The van der Waals surface area contributed by atoms with Gasteiger partial charge in [0.05, 0.1) is 6.61 Å². The molecule has 1 saturated heterocycles. The number of benzene rings is 1. The summed E-state index contributed by atoms with van der Waals surface area (Å²) in [5, 5.41) is 3.32. The Morgan fingerprint density at radius 3 is 2.74 bits per heavy atom. The molecule has 0 aromatic heterocycles. The molecule has 0 saturated carbocycles. The van der Waals surface area contributed by atoms with Gasteiger partial charge in [0.15, 0.2) is 0 Å². The fourth-order valence-corrected chi connectivity index (χ4v) is 2.68. The molecule has 1 aliphatic heterocycles. The highest BCUT2D eigenvalue weighted by Gasteiger charge is 2.22. The molecule has 1 aromatic rings. The monoisotopic (exact) mass is 342 g/mol. The lowest BCUT2D eigenvalue weighted by Crippen LogP contribution is -2.43. The molecular formula is C17H27ClN2O3. The Kier molecular flexibility index (Phi) is 8.99. The van der Waals surface area contributed by atoms with Gasteiger partial charge in [0.2, 0.25) is 0 Å². The number of hydrogen-bond donors (Lipinski definition) is 1. The average Bonchev–Trinajstić information content (AvgIpc) is 2.58. The Bertz CT molecular complexity index is 479. The maximum Gasteiger partial charge on any atom is 0.253 e. The average molecular weight is 343 g/mol. The molecule has 0 aliphatic carbocycles. The zero-order chi connectivity index (χ0) is 15.8. The van der Waals surface area contributed by atoms with E-state index in [4.69, 9.17) is 9.47 Å². The van der Waals surface area contributed by atoms with Crippen LogP contribution in [-0.2, 0) is 4.74 Å². The first kappa shape index (κ1) is 19.7. The van der Waals surface area contributed by atoms with E-state index in [0.717, 1.165) is 38.1 Å². The molecule has 0 radical (unpaired) electrons. The fraction of sp³-hybridized carbons (Fsp3) is 0.588. The van der Waals surface area contributed by atoms with E-state index < -0.39 is 0 Å². The zero-order valence-corrected chi connectivity index (χ0v) is 14.7. The van der Waals surface area contributed by atoms with Gasteiger partial charge in [0, 0.05) is 38.8 Å². The molecule has 23 heavy (non-hydrogen) atoms. The Labute approximate surface area is 144 Å². The van der Waals surface area contributed by atoms with Crippen molar-refractivity contribution in [3.05, 3.63) is 29.8 Å². The first-order valence-corrected chi connectivity index (χ1v) is 7.92. The van der Waals surface area contributed by atoms with Gasteiger partial charge in [-0.3, -0.25) is 4.79 Å². The van der Waals surface area contributed by atoms with Gasteiger partial charge in [-0.2, -0.15) is 0 Å². The second-order valence-corrected chi connectivity index (χ2v) is 5.62. The molecule has 0 unspecified atom stereocenters. The van der Waals surface area contributed by atoms with Crippen molar-refractivity contribution in [3.8, 4) is 5.75 Å². The third-order valence-corrected chi connectivity index (χ3v) is 4.02. The smallest absolute Gasteiger partial charge is 0.253 e. The number of carbonyl (C=O) groups is 1. The van der Waals surface area contributed by atoms with Crippen molar-refractivity contribution < 1.29 is 14.3 Å². The highest BCUT2D eigenvalue weighted by atomic mass is 35.5. The highest BCUT2D eigenvalue weighted by molar-refractivity contribution is 5.94. The van der Waals surface area contributed by atoms with E-state index in [0.29, 0.717) is 24.8 Å². The van der Waals surface area contributed by atoms with Gasteiger partial charge < -0.3 is 19.7 Å². The topological polar surface area (TPSA) is 50.8 Å². The fourth-order valence-electron chi connectivity index (χ4n) is 2.68. The normalized spacial score (nSPS) is 14.9. The minimum Gasteiger partial charge on any atom is -0.493 e. The summed E-state index contributed by atoms with van der Waals surface area (Å²) in [6, 6.07) is 7.75. The number of rotatable bonds is 7.